The van der Waals surface area contributed by atoms with Crippen LogP contribution in [-0.2, 0) is 4.74 Å². The Bertz CT molecular complexity index is 324. The summed E-state index contributed by atoms with van der Waals surface area (Å²) in [6.45, 7) is 2.04. The lowest BCUT2D eigenvalue weighted by Crippen LogP contribution is -2.34. The van der Waals surface area contributed by atoms with E-state index >= 15 is 0 Å². The van der Waals surface area contributed by atoms with E-state index in [1.54, 1.807) is 6.07 Å². The molecule has 2 N–H and O–H groups in total. The molecule has 4 heteroatoms. The van der Waals surface area contributed by atoms with Gasteiger partial charge < -0.3 is 15.2 Å². The summed E-state index contributed by atoms with van der Waals surface area (Å²) < 4.78 is 18.0. The molecule has 1 fully saturated rings. The van der Waals surface area contributed by atoms with Crippen LogP contribution in [0.4, 0.5) is 4.39 Å². The molecule has 0 unspecified atom stereocenters. The monoisotopic (exact) mass is 197 g/mol. The van der Waals surface area contributed by atoms with Crippen LogP contribution in [0.25, 0.3) is 0 Å². The van der Waals surface area contributed by atoms with Gasteiger partial charge in [-0.3, -0.25) is 0 Å². The molecule has 76 valence electrons. The van der Waals surface area contributed by atoms with Gasteiger partial charge in [-0.2, -0.15) is 0 Å². The zero-order chi connectivity index (χ0) is 9.97. The molecular weight excluding hydrogens is 185 g/mol. The fourth-order valence-corrected chi connectivity index (χ4v) is 1.53. The summed E-state index contributed by atoms with van der Waals surface area (Å²) in [7, 11) is 0. The van der Waals surface area contributed by atoms with E-state index in [1.807, 2.05) is 0 Å². The first kappa shape index (κ1) is 9.43. The number of halogens is 1. The quantitative estimate of drug-likeness (QED) is 0.710. The Kier molecular flexibility index (Phi) is 2.65. The van der Waals surface area contributed by atoms with Crippen LogP contribution < -0.4 is 5.32 Å². The van der Waals surface area contributed by atoms with Gasteiger partial charge in [-0.25, -0.2) is 4.39 Å². The number of aromatic hydroxyl groups is 1. The van der Waals surface area contributed by atoms with Crippen molar-refractivity contribution in [1.82, 2.24) is 5.32 Å². The van der Waals surface area contributed by atoms with Gasteiger partial charge in [0.2, 0.25) is 0 Å². The Balaban J connectivity index is 2.18. The van der Waals surface area contributed by atoms with Crippen LogP contribution in [0.3, 0.4) is 0 Å². The Morgan fingerprint density at radius 2 is 2.36 bits per heavy atom. The minimum Gasteiger partial charge on any atom is -0.505 e. The van der Waals surface area contributed by atoms with Crippen molar-refractivity contribution in [1.29, 1.82) is 0 Å². The van der Waals surface area contributed by atoms with Crippen molar-refractivity contribution in [3.8, 4) is 5.75 Å². The molecule has 1 aromatic rings. The van der Waals surface area contributed by atoms with Crippen molar-refractivity contribution in [3.63, 3.8) is 0 Å². The van der Waals surface area contributed by atoms with Crippen LogP contribution in [-0.4, -0.2) is 24.9 Å². The normalized spacial score (nSPS) is 22.2. The minimum absolute atomic E-state index is 0.0512. The molecule has 0 radical (unpaired) electrons. The molecule has 2 rings (SSSR count). The average molecular weight is 197 g/mol. The summed E-state index contributed by atoms with van der Waals surface area (Å²) in [5, 5.41) is 12.4. The summed E-state index contributed by atoms with van der Waals surface area (Å²) >= 11 is 0. The van der Waals surface area contributed by atoms with E-state index in [4.69, 9.17) is 4.74 Å². The third-order valence-electron chi connectivity index (χ3n) is 2.29. The molecule has 0 amide bonds. The molecule has 1 aliphatic rings. The summed E-state index contributed by atoms with van der Waals surface area (Å²) in [5.41, 5.74) is 0.851. The average Bonchev–Trinajstić information content (AvgIpc) is 2.23. The molecule has 0 aromatic heterocycles. The van der Waals surface area contributed by atoms with E-state index in [9.17, 15) is 9.50 Å². The van der Waals surface area contributed by atoms with Gasteiger partial charge in [0.25, 0.3) is 0 Å². The highest BCUT2D eigenvalue weighted by atomic mass is 19.1. The van der Waals surface area contributed by atoms with Gasteiger partial charge in [0.15, 0.2) is 11.6 Å². The SMILES string of the molecule is Oc1cc([C@H]2COCCN2)ccc1F. The topological polar surface area (TPSA) is 41.5 Å². The second kappa shape index (κ2) is 3.94. The highest BCUT2D eigenvalue weighted by Gasteiger charge is 2.16. The number of nitrogens with one attached hydrogen (secondary N) is 1. The Hall–Kier alpha value is -1.13. The standard InChI is InChI=1S/C10H12FNO2/c11-8-2-1-7(5-10(8)13)9-6-14-4-3-12-9/h1-2,5,9,12-13H,3-4,6H2/t9-/m1/s1. The zero-order valence-electron chi connectivity index (χ0n) is 7.66. The molecule has 14 heavy (non-hydrogen) atoms. The predicted octanol–water partition coefficient (Wildman–Crippen LogP) is 1.19. The molecule has 1 aromatic carbocycles. The van der Waals surface area contributed by atoms with E-state index in [1.165, 1.54) is 12.1 Å². The Labute approximate surface area is 81.5 Å². The maximum atomic E-state index is 12.8. The van der Waals surface area contributed by atoms with Crippen LogP contribution in [0.1, 0.15) is 11.6 Å². The van der Waals surface area contributed by atoms with Gasteiger partial charge in [-0.05, 0) is 17.7 Å². The molecule has 0 aliphatic carbocycles. The summed E-state index contributed by atoms with van der Waals surface area (Å²) in [5.74, 6) is -0.902. The van der Waals surface area contributed by atoms with Crippen LogP contribution in [0.5, 0.6) is 5.75 Å². The lowest BCUT2D eigenvalue weighted by Gasteiger charge is -2.24. The lowest BCUT2D eigenvalue weighted by molar-refractivity contribution is 0.0768. The smallest absolute Gasteiger partial charge is 0.164 e. The fraction of sp³-hybridized carbons (Fsp3) is 0.400. The van der Waals surface area contributed by atoms with E-state index in [0.717, 1.165) is 12.1 Å². The Morgan fingerprint density at radius 3 is 3.00 bits per heavy atom. The van der Waals surface area contributed by atoms with E-state index in [-0.39, 0.29) is 11.8 Å². The molecule has 0 saturated carbocycles. The number of morpholine rings is 1. The van der Waals surface area contributed by atoms with Gasteiger partial charge in [-0.1, -0.05) is 6.07 Å². The zero-order valence-corrected chi connectivity index (χ0v) is 7.66. The number of benzene rings is 1. The molecule has 3 nitrogen and oxygen atoms in total. The van der Waals surface area contributed by atoms with Crippen molar-refractivity contribution < 1.29 is 14.2 Å². The molecule has 1 atom stereocenters. The number of phenolic OH excluding ortho intramolecular Hbond substituents is 1. The van der Waals surface area contributed by atoms with E-state index < -0.39 is 5.82 Å². The van der Waals surface area contributed by atoms with Crippen LogP contribution in [0, 0.1) is 5.82 Å². The van der Waals surface area contributed by atoms with Crippen molar-refractivity contribution >= 4 is 0 Å². The van der Waals surface area contributed by atoms with Gasteiger partial charge in [0, 0.05) is 6.54 Å². The number of hydrogen-bond acceptors (Lipinski definition) is 3. The second-order valence-corrected chi connectivity index (χ2v) is 3.29. The fourth-order valence-electron chi connectivity index (χ4n) is 1.53. The van der Waals surface area contributed by atoms with Crippen molar-refractivity contribution in [3.05, 3.63) is 29.6 Å². The summed E-state index contributed by atoms with van der Waals surface area (Å²) in [6, 6.07) is 4.40. The molecule has 1 heterocycles. The Morgan fingerprint density at radius 1 is 1.50 bits per heavy atom. The second-order valence-electron chi connectivity index (χ2n) is 3.29. The first-order chi connectivity index (χ1) is 6.77. The first-order valence-electron chi connectivity index (χ1n) is 4.57. The van der Waals surface area contributed by atoms with E-state index in [0.29, 0.717) is 13.2 Å². The lowest BCUT2D eigenvalue weighted by atomic mass is 10.1. The highest BCUT2D eigenvalue weighted by molar-refractivity contribution is 5.31. The molecule has 0 spiro atoms. The van der Waals surface area contributed by atoms with Crippen LogP contribution in [0.15, 0.2) is 18.2 Å². The summed E-state index contributed by atoms with van der Waals surface area (Å²) in [4.78, 5) is 0. The van der Waals surface area contributed by atoms with E-state index in [2.05, 4.69) is 5.32 Å². The van der Waals surface area contributed by atoms with Crippen LogP contribution in [0.2, 0.25) is 0 Å². The molecule has 1 saturated heterocycles. The van der Waals surface area contributed by atoms with Gasteiger partial charge in [0.1, 0.15) is 0 Å². The maximum absolute atomic E-state index is 12.8. The number of hydrogen-bond donors (Lipinski definition) is 2. The van der Waals surface area contributed by atoms with Crippen molar-refractivity contribution in [2.45, 2.75) is 6.04 Å². The largest absolute Gasteiger partial charge is 0.505 e. The maximum Gasteiger partial charge on any atom is 0.164 e. The third kappa shape index (κ3) is 1.86. The van der Waals surface area contributed by atoms with Gasteiger partial charge >= 0.3 is 0 Å². The molecular formula is C10H12FNO2. The predicted molar refractivity (Wildman–Crippen MR) is 49.6 cm³/mol. The third-order valence-corrected chi connectivity index (χ3v) is 2.29. The van der Waals surface area contributed by atoms with Gasteiger partial charge in [-0.15, -0.1) is 0 Å². The number of phenols is 1. The first-order valence-corrected chi connectivity index (χ1v) is 4.57. The van der Waals surface area contributed by atoms with Crippen molar-refractivity contribution in [2.75, 3.05) is 19.8 Å². The number of rotatable bonds is 1. The molecule has 1 aliphatic heterocycles. The van der Waals surface area contributed by atoms with Crippen LogP contribution >= 0.6 is 0 Å². The van der Waals surface area contributed by atoms with Gasteiger partial charge in [0.05, 0.1) is 19.3 Å². The molecule has 0 bridgehead atoms. The minimum atomic E-state index is -0.592. The highest BCUT2D eigenvalue weighted by Crippen LogP contribution is 2.22. The number of ether oxygens (including phenoxy) is 1. The summed E-state index contributed by atoms with van der Waals surface area (Å²) in [6.07, 6.45) is 0. The van der Waals surface area contributed by atoms with Crippen molar-refractivity contribution in [2.24, 2.45) is 0 Å².